The van der Waals surface area contributed by atoms with Crippen LogP contribution in [0, 0.1) is 0 Å². The molecule has 0 heterocycles. The third-order valence-electron chi connectivity index (χ3n) is 4.45. The second kappa shape index (κ2) is 23.1. The van der Waals surface area contributed by atoms with E-state index in [1.165, 1.54) is 103 Å². The van der Waals surface area contributed by atoms with Crippen molar-refractivity contribution in [2.24, 2.45) is 0 Å². The fourth-order valence-corrected chi connectivity index (χ4v) is 4.15. The van der Waals surface area contributed by atoms with Gasteiger partial charge in [0, 0.05) is 51.9 Å². The molecular weight excluding hydrogens is 311 g/mol. The van der Waals surface area contributed by atoms with Gasteiger partial charge in [0.2, 0.25) is 0 Å². The second-order valence-electron chi connectivity index (χ2n) is 6.80. The fourth-order valence-electron chi connectivity index (χ4n) is 2.90. The molecule has 0 aromatic carbocycles. The summed E-state index contributed by atoms with van der Waals surface area (Å²) in [6.45, 7) is 4.53. The molecule has 0 aliphatic rings. The molecule has 3 heteroatoms. The Labute approximate surface area is 171 Å². The Morgan fingerprint density at radius 1 is 0.478 bits per heavy atom. The minimum Gasteiger partial charge on any atom is -0.260 e. The topological polar surface area (TPSA) is 17.1 Å². The van der Waals surface area contributed by atoms with Crippen molar-refractivity contribution < 1.29 is 4.21 Å². The van der Waals surface area contributed by atoms with Gasteiger partial charge in [-0.3, -0.25) is 4.21 Å². The Kier molecular flexibility index (Phi) is 26.6. The maximum atomic E-state index is 11.9. The Balaban J connectivity index is 0. The van der Waals surface area contributed by atoms with Crippen molar-refractivity contribution in [1.82, 2.24) is 0 Å². The first kappa shape index (κ1) is 26.4. The van der Waals surface area contributed by atoms with Gasteiger partial charge in [-0.1, -0.05) is 104 Å². The van der Waals surface area contributed by atoms with Crippen LogP contribution in [-0.2, 0) is 10.8 Å². The first-order chi connectivity index (χ1) is 10.8. The van der Waals surface area contributed by atoms with Gasteiger partial charge in [0.25, 0.3) is 0 Å². The molecule has 0 bridgehead atoms. The van der Waals surface area contributed by atoms with Gasteiger partial charge in [-0.2, -0.15) is 0 Å². The summed E-state index contributed by atoms with van der Waals surface area (Å²) < 4.78 is 11.9. The van der Waals surface area contributed by atoms with Crippen molar-refractivity contribution >= 4 is 40.4 Å². The van der Waals surface area contributed by atoms with E-state index >= 15 is 0 Å². The molecule has 1 radical (unpaired) electrons. The molecule has 0 spiro atoms. The first-order valence-electron chi connectivity index (χ1n) is 10.2. The standard InChI is InChI=1S/C20H42OS.Na/c1-3-5-7-9-11-13-15-17-19-22(21)20-18-16-14-12-10-8-6-4-2;/h3-20H2,1-2H3;. The van der Waals surface area contributed by atoms with E-state index in [0.29, 0.717) is 0 Å². The molecule has 1 nitrogen and oxygen atoms in total. The Hall–Kier alpha value is 1.15. The third kappa shape index (κ3) is 23.1. The smallest absolute Gasteiger partial charge is 0.0234 e. The molecule has 0 unspecified atom stereocenters. The number of rotatable bonds is 18. The molecular formula is C20H42NaOS. The summed E-state index contributed by atoms with van der Waals surface area (Å²) in [6, 6.07) is 0. The Morgan fingerprint density at radius 2 is 0.739 bits per heavy atom. The predicted molar refractivity (Wildman–Crippen MR) is 109 cm³/mol. The molecule has 0 amide bonds. The van der Waals surface area contributed by atoms with Crippen molar-refractivity contribution in [1.29, 1.82) is 0 Å². The van der Waals surface area contributed by atoms with Crippen molar-refractivity contribution in [2.75, 3.05) is 11.5 Å². The summed E-state index contributed by atoms with van der Waals surface area (Å²) in [4.78, 5) is 0. The average molecular weight is 354 g/mol. The molecule has 0 saturated carbocycles. The van der Waals surface area contributed by atoms with Crippen LogP contribution in [0.4, 0.5) is 0 Å². The normalized spacial score (nSPS) is 10.9. The van der Waals surface area contributed by atoms with Crippen LogP contribution in [0.2, 0.25) is 0 Å². The summed E-state index contributed by atoms with van der Waals surface area (Å²) in [5, 5.41) is 0. The van der Waals surface area contributed by atoms with Crippen molar-refractivity contribution in [2.45, 2.75) is 117 Å². The zero-order valence-corrected chi connectivity index (χ0v) is 19.4. The minimum atomic E-state index is -0.541. The van der Waals surface area contributed by atoms with Crippen molar-refractivity contribution in [3.63, 3.8) is 0 Å². The average Bonchev–Trinajstić information content (AvgIpc) is 2.52. The van der Waals surface area contributed by atoms with E-state index in [4.69, 9.17) is 0 Å². The Bertz CT molecular complexity index is 212. The number of unbranched alkanes of at least 4 members (excludes halogenated alkanes) is 14. The maximum Gasteiger partial charge on any atom is 0.0234 e. The Morgan fingerprint density at radius 3 is 1.04 bits per heavy atom. The van der Waals surface area contributed by atoms with Crippen molar-refractivity contribution in [3.8, 4) is 0 Å². The summed E-state index contributed by atoms with van der Waals surface area (Å²) >= 11 is 0. The molecule has 0 aromatic heterocycles. The van der Waals surface area contributed by atoms with Crippen LogP contribution in [0.5, 0.6) is 0 Å². The van der Waals surface area contributed by atoms with Crippen molar-refractivity contribution in [3.05, 3.63) is 0 Å². The molecule has 0 rings (SSSR count). The molecule has 135 valence electrons. The van der Waals surface area contributed by atoms with Crippen LogP contribution in [0.1, 0.15) is 117 Å². The van der Waals surface area contributed by atoms with Crippen LogP contribution in [0.25, 0.3) is 0 Å². The molecule has 0 aliphatic heterocycles. The van der Waals surface area contributed by atoms with Crippen LogP contribution in [0.15, 0.2) is 0 Å². The van der Waals surface area contributed by atoms with E-state index in [2.05, 4.69) is 13.8 Å². The summed E-state index contributed by atoms with van der Waals surface area (Å²) in [6.07, 6.45) is 21.4. The van der Waals surface area contributed by atoms with Gasteiger partial charge in [-0.05, 0) is 12.8 Å². The molecule has 0 aromatic rings. The van der Waals surface area contributed by atoms with Gasteiger partial charge in [-0.15, -0.1) is 0 Å². The van der Waals surface area contributed by atoms with Gasteiger partial charge < -0.3 is 0 Å². The van der Waals surface area contributed by atoms with E-state index in [1.54, 1.807) is 0 Å². The maximum absolute atomic E-state index is 11.9. The van der Waals surface area contributed by atoms with E-state index < -0.39 is 10.8 Å². The van der Waals surface area contributed by atoms with Crippen LogP contribution < -0.4 is 0 Å². The zero-order chi connectivity index (χ0) is 16.3. The predicted octanol–water partition coefficient (Wildman–Crippen LogP) is 6.64. The minimum absolute atomic E-state index is 0. The fraction of sp³-hybridized carbons (Fsp3) is 1.00. The molecule has 23 heavy (non-hydrogen) atoms. The van der Waals surface area contributed by atoms with E-state index in [9.17, 15) is 4.21 Å². The molecule has 0 aliphatic carbocycles. The van der Waals surface area contributed by atoms with E-state index in [-0.39, 0.29) is 29.6 Å². The number of hydrogen-bond acceptors (Lipinski definition) is 1. The van der Waals surface area contributed by atoms with Gasteiger partial charge in [0.05, 0.1) is 0 Å². The van der Waals surface area contributed by atoms with Gasteiger partial charge in [-0.25, -0.2) is 0 Å². The quantitative estimate of drug-likeness (QED) is 0.199. The first-order valence-corrected chi connectivity index (χ1v) is 11.6. The summed E-state index contributed by atoms with van der Waals surface area (Å²) in [5.74, 6) is 1.90. The molecule has 0 saturated heterocycles. The third-order valence-corrected chi connectivity index (χ3v) is 5.94. The SMILES string of the molecule is CCCCCCCCCCS(=O)CCCCCCCCCC.[Na]. The molecule has 0 N–H and O–H groups in total. The van der Waals surface area contributed by atoms with Gasteiger partial charge >= 0.3 is 0 Å². The monoisotopic (exact) mass is 353 g/mol. The summed E-state index contributed by atoms with van der Waals surface area (Å²) in [7, 11) is -0.541. The number of hydrogen-bond donors (Lipinski definition) is 0. The van der Waals surface area contributed by atoms with Gasteiger partial charge in [0.15, 0.2) is 0 Å². The van der Waals surface area contributed by atoms with E-state index in [0.717, 1.165) is 11.5 Å². The van der Waals surface area contributed by atoms with E-state index in [1.807, 2.05) is 0 Å². The summed E-state index contributed by atoms with van der Waals surface area (Å²) in [5.41, 5.74) is 0. The second-order valence-corrected chi connectivity index (χ2v) is 8.49. The molecule has 0 atom stereocenters. The van der Waals surface area contributed by atoms with Crippen LogP contribution >= 0.6 is 0 Å². The van der Waals surface area contributed by atoms with Crippen LogP contribution in [-0.4, -0.2) is 45.3 Å². The van der Waals surface area contributed by atoms with Gasteiger partial charge in [0.1, 0.15) is 0 Å². The van der Waals surface area contributed by atoms with Crippen LogP contribution in [0.3, 0.4) is 0 Å². The molecule has 0 fully saturated rings. The zero-order valence-electron chi connectivity index (χ0n) is 16.5. The largest absolute Gasteiger partial charge is 0.260 e.